The molecule has 31 heavy (non-hydrogen) atoms. The van der Waals surface area contributed by atoms with Gasteiger partial charge in [-0.25, -0.2) is 0 Å². The Morgan fingerprint density at radius 2 is 1.90 bits per heavy atom. The summed E-state index contributed by atoms with van der Waals surface area (Å²) in [6, 6.07) is 22.2. The maximum Gasteiger partial charge on any atom is 0.227 e. The van der Waals surface area contributed by atoms with Crippen LogP contribution in [0.5, 0.6) is 11.5 Å². The molecule has 0 atom stereocenters. The van der Waals surface area contributed by atoms with Crippen LogP contribution in [-0.2, 0) is 11.2 Å². The molecule has 0 unspecified atom stereocenters. The van der Waals surface area contributed by atoms with E-state index >= 15 is 0 Å². The van der Waals surface area contributed by atoms with Gasteiger partial charge in [-0.15, -0.1) is 0 Å². The van der Waals surface area contributed by atoms with Gasteiger partial charge >= 0.3 is 0 Å². The van der Waals surface area contributed by atoms with Crippen molar-refractivity contribution in [2.75, 3.05) is 5.32 Å². The van der Waals surface area contributed by atoms with Gasteiger partial charge in [-0.1, -0.05) is 58.7 Å². The van der Waals surface area contributed by atoms with Gasteiger partial charge in [-0.3, -0.25) is 4.79 Å². The number of carbonyl (C=O) groups excluding carboxylic acids is 1. The van der Waals surface area contributed by atoms with Gasteiger partial charge in [0.1, 0.15) is 5.75 Å². The molecule has 3 aromatic carbocycles. The van der Waals surface area contributed by atoms with E-state index in [1.807, 2.05) is 61.5 Å². The van der Waals surface area contributed by atoms with Crippen LogP contribution in [0.3, 0.4) is 0 Å². The van der Waals surface area contributed by atoms with Crippen LogP contribution in [0.1, 0.15) is 17.9 Å². The number of ether oxygens (including phenoxy) is 1. The zero-order valence-electron chi connectivity index (χ0n) is 16.8. The Morgan fingerprint density at radius 1 is 1.06 bits per heavy atom. The second kappa shape index (κ2) is 9.45. The molecule has 1 N–H and O–H groups in total. The highest BCUT2D eigenvalue weighted by Crippen LogP contribution is 2.32. The number of amides is 1. The van der Waals surface area contributed by atoms with Crippen LogP contribution in [0.4, 0.5) is 5.69 Å². The van der Waals surface area contributed by atoms with E-state index < -0.39 is 0 Å². The predicted octanol–water partition coefficient (Wildman–Crippen LogP) is 6.06. The number of para-hydroxylation sites is 1. The molecule has 0 fully saturated rings. The molecule has 0 saturated carbocycles. The van der Waals surface area contributed by atoms with Crippen molar-refractivity contribution < 1.29 is 14.1 Å². The predicted molar refractivity (Wildman–Crippen MR) is 119 cm³/mol. The van der Waals surface area contributed by atoms with Crippen LogP contribution >= 0.6 is 11.6 Å². The van der Waals surface area contributed by atoms with Gasteiger partial charge in [-0.2, -0.15) is 4.98 Å². The van der Waals surface area contributed by atoms with E-state index in [1.165, 1.54) is 0 Å². The van der Waals surface area contributed by atoms with Crippen molar-refractivity contribution in [1.29, 1.82) is 0 Å². The Bertz CT molecular complexity index is 1190. The fourth-order valence-corrected chi connectivity index (χ4v) is 3.17. The van der Waals surface area contributed by atoms with Gasteiger partial charge in [0.2, 0.25) is 17.6 Å². The minimum atomic E-state index is -0.213. The van der Waals surface area contributed by atoms with Crippen molar-refractivity contribution in [3.8, 4) is 22.9 Å². The summed E-state index contributed by atoms with van der Waals surface area (Å²) in [5.41, 5.74) is 2.48. The van der Waals surface area contributed by atoms with Gasteiger partial charge in [0.05, 0.1) is 5.69 Å². The number of nitrogens with one attached hydrogen (secondary N) is 1. The molecule has 0 radical (unpaired) electrons. The molecule has 0 aliphatic carbocycles. The van der Waals surface area contributed by atoms with Crippen LogP contribution in [-0.4, -0.2) is 16.0 Å². The summed E-state index contributed by atoms with van der Waals surface area (Å²) in [7, 11) is 0. The lowest BCUT2D eigenvalue weighted by Gasteiger charge is -2.12. The molecule has 1 amide bonds. The maximum atomic E-state index is 12.5. The van der Waals surface area contributed by atoms with E-state index in [0.29, 0.717) is 40.3 Å². The lowest BCUT2D eigenvalue weighted by Crippen LogP contribution is -2.13. The van der Waals surface area contributed by atoms with Crippen LogP contribution < -0.4 is 10.1 Å². The summed E-state index contributed by atoms with van der Waals surface area (Å²) in [5, 5.41) is 7.35. The summed E-state index contributed by atoms with van der Waals surface area (Å²) < 4.78 is 11.2. The summed E-state index contributed by atoms with van der Waals surface area (Å²) in [4.78, 5) is 16.9. The van der Waals surface area contributed by atoms with E-state index in [1.54, 1.807) is 18.2 Å². The lowest BCUT2D eigenvalue weighted by atomic mass is 10.1. The zero-order valence-corrected chi connectivity index (χ0v) is 17.6. The van der Waals surface area contributed by atoms with E-state index in [-0.39, 0.29) is 12.3 Å². The van der Waals surface area contributed by atoms with Crippen LogP contribution in [0.2, 0.25) is 5.02 Å². The van der Waals surface area contributed by atoms with Gasteiger partial charge < -0.3 is 14.6 Å². The fourth-order valence-electron chi connectivity index (χ4n) is 3.00. The molecular weight excluding hydrogens is 414 g/mol. The second-order valence-electron chi connectivity index (χ2n) is 6.98. The number of nitrogens with zero attached hydrogens (tertiary/aromatic N) is 2. The van der Waals surface area contributed by atoms with Crippen molar-refractivity contribution in [2.45, 2.75) is 19.8 Å². The number of anilines is 1. The SMILES string of the molecule is Cc1cccc(-c2noc(CCC(=O)Nc3cc(Cl)ccc3Oc3ccccc3)n2)c1. The van der Waals surface area contributed by atoms with Gasteiger partial charge in [0, 0.05) is 23.4 Å². The number of rotatable bonds is 7. The molecule has 6 nitrogen and oxygen atoms in total. The topological polar surface area (TPSA) is 77.2 Å². The quantitative estimate of drug-likeness (QED) is 0.383. The highest BCUT2D eigenvalue weighted by Gasteiger charge is 2.13. The monoisotopic (exact) mass is 433 g/mol. The molecule has 0 saturated heterocycles. The Kier molecular flexibility index (Phi) is 6.29. The first-order valence-corrected chi connectivity index (χ1v) is 10.2. The largest absolute Gasteiger partial charge is 0.455 e. The first-order valence-electron chi connectivity index (χ1n) is 9.79. The molecule has 0 bridgehead atoms. The van der Waals surface area contributed by atoms with Crippen LogP contribution in [0, 0.1) is 6.92 Å². The third-order valence-corrected chi connectivity index (χ3v) is 4.73. The van der Waals surface area contributed by atoms with Crippen molar-refractivity contribution in [2.24, 2.45) is 0 Å². The van der Waals surface area contributed by atoms with Crippen molar-refractivity contribution in [3.05, 3.63) is 89.3 Å². The van der Waals surface area contributed by atoms with E-state index in [2.05, 4.69) is 15.5 Å². The summed E-state index contributed by atoms with van der Waals surface area (Å²) >= 11 is 6.11. The highest BCUT2D eigenvalue weighted by molar-refractivity contribution is 6.31. The molecule has 156 valence electrons. The normalized spacial score (nSPS) is 10.6. The standard InChI is InChI=1S/C24H20ClN3O3/c1-16-6-5-7-17(14-16)24-27-23(31-28-24)13-12-22(29)26-20-15-18(25)10-11-21(20)30-19-8-3-2-4-9-19/h2-11,14-15H,12-13H2,1H3,(H,26,29). The fraction of sp³-hybridized carbons (Fsp3) is 0.125. The van der Waals surface area contributed by atoms with Crippen LogP contribution in [0.25, 0.3) is 11.4 Å². The number of hydrogen-bond donors (Lipinski definition) is 1. The molecular formula is C24H20ClN3O3. The number of hydrogen-bond acceptors (Lipinski definition) is 5. The zero-order chi connectivity index (χ0) is 21.6. The lowest BCUT2D eigenvalue weighted by molar-refractivity contribution is -0.116. The van der Waals surface area contributed by atoms with E-state index in [9.17, 15) is 4.79 Å². The van der Waals surface area contributed by atoms with Crippen molar-refractivity contribution in [3.63, 3.8) is 0 Å². The third kappa shape index (κ3) is 5.49. The molecule has 1 heterocycles. The summed E-state index contributed by atoms with van der Waals surface area (Å²) in [6.45, 7) is 2.00. The number of carbonyl (C=O) groups is 1. The summed E-state index contributed by atoms with van der Waals surface area (Å²) in [5.74, 6) is 1.86. The molecule has 4 rings (SSSR count). The highest BCUT2D eigenvalue weighted by atomic mass is 35.5. The molecule has 7 heteroatoms. The molecule has 0 aliphatic rings. The number of benzene rings is 3. The minimum absolute atomic E-state index is 0.173. The van der Waals surface area contributed by atoms with Crippen LogP contribution in [0.15, 0.2) is 77.3 Å². The summed E-state index contributed by atoms with van der Waals surface area (Å²) in [6.07, 6.45) is 0.493. The average molecular weight is 434 g/mol. The maximum absolute atomic E-state index is 12.5. The van der Waals surface area contributed by atoms with E-state index in [4.69, 9.17) is 20.9 Å². The first-order chi connectivity index (χ1) is 15.1. The Hall–Kier alpha value is -3.64. The van der Waals surface area contributed by atoms with Crippen molar-refractivity contribution >= 4 is 23.2 Å². The van der Waals surface area contributed by atoms with Gasteiger partial charge in [-0.05, 0) is 43.3 Å². The third-order valence-electron chi connectivity index (χ3n) is 4.50. The average Bonchev–Trinajstić information content (AvgIpc) is 3.24. The Balaban J connectivity index is 1.40. The first kappa shape index (κ1) is 20.6. The van der Waals surface area contributed by atoms with E-state index in [0.717, 1.165) is 11.1 Å². The molecule has 1 aromatic heterocycles. The number of halogens is 1. The van der Waals surface area contributed by atoms with Gasteiger partial charge in [0.25, 0.3) is 0 Å². The Labute approximate surface area is 184 Å². The molecule has 0 spiro atoms. The van der Waals surface area contributed by atoms with Gasteiger partial charge in [0.15, 0.2) is 5.75 Å². The Morgan fingerprint density at radius 3 is 2.71 bits per heavy atom. The number of aromatic nitrogens is 2. The number of aryl methyl sites for hydroxylation is 2. The minimum Gasteiger partial charge on any atom is -0.455 e. The molecule has 4 aromatic rings. The van der Waals surface area contributed by atoms with Crippen molar-refractivity contribution in [1.82, 2.24) is 10.1 Å². The smallest absolute Gasteiger partial charge is 0.227 e. The molecule has 0 aliphatic heterocycles. The second-order valence-corrected chi connectivity index (χ2v) is 7.42.